The van der Waals surface area contributed by atoms with Crippen molar-refractivity contribution in [3.63, 3.8) is 0 Å². The molecule has 0 unspecified atom stereocenters. The lowest BCUT2D eigenvalue weighted by molar-refractivity contribution is -0.117. The van der Waals surface area contributed by atoms with Crippen LogP contribution in [0.2, 0.25) is 0 Å². The standard InChI is InChI=1S/C31H32N4O6S2/c1-34(26-10-5-3-6-11-26)42(38,39)28-20-16-24(17-21-28)32-30(36)14-9-15-31(37)33-25-18-22-29(23-19-25)43(40,41)35(2)27-12-7-4-8-13-27/h3-8,10-13,16-23H,9,14-15H2,1-2H3,(H,32,36)(H,33,37). The van der Waals surface area contributed by atoms with Crippen LogP contribution in [0.15, 0.2) is 119 Å². The number of benzene rings is 4. The first kappa shape index (κ1) is 31.3. The highest BCUT2D eigenvalue weighted by molar-refractivity contribution is 7.93. The van der Waals surface area contributed by atoms with Crippen molar-refractivity contribution in [1.82, 2.24) is 0 Å². The van der Waals surface area contributed by atoms with Crippen molar-refractivity contribution in [1.29, 1.82) is 0 Å². The van der Waals surface area contributed by atoms with Crippen molar-refractivity contribution in [3.05, 3.63) is 109 Å². The number of nitrogens with one attached hydrogen (secondary N) is 2. The van der Waals surface area contributed by atoms with E-state index >= 15 is 0 Å². The van der Waals surface area contributed by atoms with Crippen molar-refractivity contribution in [2.75, 3.05) is 33.3 Å². The van der Waals surface area contributed by atoms with Crippen LogP contribution in [0.3, 0.4) is 0 Å². The van der Waals surface area contributed by atoms with E-state index in [0.717, 1.165) is 0 Å². The van der Waals surface area contributed by atoms with Gasteiger partial charge in [-0.15, -0.1) is 0 Å². The second-order valence-corrected chi connectivity index (χ2v) is 13.6. The fourth-order valence-corrected chi connectivity index (χ4v) is 6.54. The minimum absolute atomic E-state index is 0.0766. The summed E-state index contributed by atoms with van der Waals surface area (Å²) in [5.41, 5.74) is 1.92. The van der Waals surface area contributed by atoms with Crippen LogP contribution < -0.4 is 19.2 Å². The number of sulfonamides is 2. The Kier molecular flexibility index (Phi) is 9.84. The van der Waals surface area contributed by atoms with Gasteiger partial charge in [-0.25, -0.2) is 16.8 Å². The Hall–Kier alpha value is -4.68. The van der Waals surface area contributed by atoms with Gasteiger partial charge in [-0.3, -0.25) is 18.2 Å². The molecule has 0 radical (unpaired) electrons. The summed E-state index contributed by atoms with van der Waals surface area (Å²) >= 11 is 0. The third-order valence-corrected chi connectivity index (χ3v) is 10.2. The van der Waals surface area contributed by atoms with Gasteiger partial charge in [-0.2, -0.15) is 0 Å². The number of nitrogens with zero attached hydrogens (tertiary/aromatic N) is 2. The van der Waals surface area contributed by atoms with Crippen molar-refractivity contribution >= 4 is 54.6 Å². The predicted molar refractivity (Wildman–Crippen MR) is 168 cm³/mol. The first-order chi connectivity index (χ1) is 20.5. The molecule has 0 aromatic heterocycles. The van der Waals surface area contributed by atoms with Gasteiger partial charge >= 0.3 is 0 Å². The molecule has 2 N–H and O–H groups in total. The average molecular weight is 621 g/mol. The second kappa shape index (κ2) is 13.5. The molecule has 0 spiro atoms. The number of rotatable bonds is 12. The molecule has 2 amide bonds. The summed E-state index contributed by atoms with van der Waals surface area (Å²) in [7, 11) is -4.59. The summed E-state index contributed by atoms with van der Waals surface area (Å²) in [6.45, 7) is 0. The molecule has 0 atom stereocenters. The molecule has 224 valence electrons. The van der Waals surface area contributed by atoms with Gasteiger partial charge in [0.15, 0.2) is 0 Å². The van der Waals surface area contributed by atoms with E-state index < -0.39 is 20.0 Å². The summed E-state index contributed by atoms with van der Waals surface area (Å²) in [6, 6.07) is 29.1. The smallest absolute Gasteiger partial charge is 0.264 e. The zero-order valence-corrected chi connectivity index (χ0v) is 25.3. The van der Waals surface area contributed by atoms with Crippen LogP contribution in [0, 0.1) is 0 Å². The normalized spacial score (nSPS) is 11.4. The summed E-state index contributed by atoms with van der Waals surface area (Å²) in [5.74, 6) is -0.635. The summed E-state index contributed by atoms with van der Waals surface area (Å²) < 4.78 is 54.0. The zero-order chi connectivity index (χ0) is 31.0. The maximum absolute atomic E-state index is 12.9. The lowest BCUT2D eigenvalue weighted by Crippen LogP contribution is -2.26. The molecular formula is C31H32N4O6S2. The summed E-state index contributed by atoms with van der Waals surface area (Å²) in [5, 5.41) is 5.41. The molecule has 4 aromatic carbocycles. The van der Waals surface area contributed by atoms with Gasteiger partial charge in [-0.1, -0.05) is 36.4 Å². The van der Waals surface area contributed by atoms with Crippen molar-refractivity contribution in [2.45, 2.75) is 29.1 Å². The molecule has 0 aliphatic heterocycles. The quantitative estimate of drug-likeness (QED) is 0.227. The maximum Gasteiger partial charge on any atom is 0.264 e. The molecule has 0 aliphatic carbocycles. The minimum atomic E-state index is -3.77. The molecule has 43 heavy (non-hydrogen) atoms. The van der Waals surface area contributed by atoms with E-state index in [4.69, 9.17) is 0 Å². The molecule has 0 aliphatic rings. The van der Waals surface area contributed by atoms with E-state index in [9.17, 15) is 26.4 Å². The molecule has 0 bridgehead atoms. The SMILES string of the molecule is CN(c1ccccc1)S(=O)(=O)c1ccc(NC(=O)CCCC(=O)Nc2ccc(S(=O)(=O)N(C)c3ccccc3)cc2)cc1. The zero-order valence-electron chi connectivity index (χ0n) is 23.7. The number of carbonyl (C=O) groups is 2. The van der Waals surface area contributed by atoms with Crippen LogP contribution in [-0.4, -0.2) is 42.7 Å². The van der Waals surface area contributed by atoms with Gasteiger partial charge in [0.05, 0.1) is 21.2 Å². The third kappa shape index (κ3) is 7.79. The first-order valence-corrected chi connectivity index (χ1v) is 16.2. The number of carbonyl (C=O) groups excluding carboxylic acids is 2. The predicted octanol–water partition coefficient (Wildman–Crippen LogP) is 5.08. The van der Waals surface area contributed by atoms with Gasteiger partial charge in [0.25, 0.3) is 20.0 Å². The van der Waals surface area contributed by atoms with Crippen LogP contribution in [0.5, 0.6) is 0 Å². The number of amides is 2. The van der Waals surface area contributed by atoms with Crippen LogP contribution in [0.1, 0.15) is 19.3 Å². The Morgan fingerprint density at radius 3 is 1.19 bits per heavy atom. The Morgan fingerprint density at radius 1 is 0.535 bits per heavy atom. The van der Waals surface area contributed by atoms with E-state index in [1.165, 1.54) is 71.2 Å². The maximum atomic E-state index is 12.9. The highest BCUT2D eigenvalue weighted by Crippen LogP contribution is 2.24. The highest BCUT2D eigenvalue weighted by Gasteiger charge is 2.22. The number of anilines is 4. The van der Waals surface area contributed by atoms with Crippen molar-refractivity contribution in [3.8, 4) is 0 Å². The highest BCUT2D eigenvalue weighted by atomic mass is 32.2. The molecule has 4 aromatic rings. The van der Waals surface area contributed by atoms with Crippen LogP contribution in [0.25, 0.3) is 0 Å². The fourth-order valence-electron chi connectivity index (χ4n) is 4.15. The molecule has 10 nitrogen and oxygen atoms in total. The van der Waals surface area contributed by atoms with Crippen LogP contribution in [-0.2, 0) is 29.6 Å². The van der Waals surface area contributed by atoms with Gasteiger partial charge in [0.1, 0.15) is 0 Å². The Morgan fingerprint density at radius 2 is 0.860 bits per heavy atom. The van der Waals surface area contributed by atoms with E-state index in [-0.39, 0.29) is 40.9 Å². The van der Waals surface area contributed by atoms with E-state index in [0.29, 0.717) is 22.7 Å². The van der Waals surface area contributed by atoms with Gasteiger partial charge in [-0.05, 0) is 79.2 Å². The molecule has 4 rings (SSSR count). The van der Waals surface area contributed by atoms with Gasteiger partial charge < -0.3 is 10.6 Å². The number of hydrogen-bond donors (Lipinski definition) is 2. The monoisotopic (exact) mass is 620 g/mol. The Bertz CT molecular complexity index is 1630. The number of para-hydroxylation sites is 2. The molecule has 12 heteroatoms. The molecular weight excluding hydrogens is 588 g/mol. The molecule has 0 saturated heterocycles. The fraction of sp³-hybridized carbons (Fsp3) is 0.161. The largest absolute Gasteiger partial charge is 0.326 e. The minimum Gasteiger partial charge on any atom is -0.326 e. The number of hydrogen-bond acceptors (Lipinski definition) is 6. The first-order valence-electron chi connectivity index (χ1n) is 13.4. The lowest BCUT2D eigenvalue weighted by atomic mass is 10.2. The van der Waals surface area contributed by atoms with Crippen LogP contribution >= 0.6 is 0 Å². The molecule has 0 fully saturated rings. The average Bonchev–Trinajstić information content (AvgIpc) is 3.01. The lowest BCUT2D eigenvalue weighted by Gasteiger charge is -2.19. The second-order valence-electron chi connectivity index (χ2n) is 9.61. The van der Waals surface area contributed by atoms with Gasteiger partial charge in [0.2, 0.25) is 11.8 Å². The summed E-state index contributed by atoms with van der Waals surface area (Å²) in [6.07, 6.45) is 0.431. The van der Waals surface area contributed by atoms with Crippen LogP contribution in [0.4, 0.5) is 22.7 Å². The Balaban J connectivity index is 1.24. The van der Waals surface area contributed by atoms with Crippen molar-refractivity contribution < 1.29 is 26.4 Å². The van der Waals surface area contributed by atoms with E-state index in [1.54, 1.807) is 60.7 Å². The third-order valence-electron chi connectivity index (χ3n) is 6.64. The van der Waals surface area contributed by atoms with Gasteiger partial charge in [0, 0.05) is 38.3 Å². The Labute approximate surface area is 252 Å². The topological polar surface area (TPSA) is 133 Å². The van der Waals surface area contributed by atoms with E-state index in [2.05, 4.69) is 10.6 Å². The molecule has 0 saturated carbocycles. The van der Waals surface area contributed by atoms with Crippen molar-refractivity contribution in [2.24, 2.45) is 0 Å². The molecule has 0 heterocycles. The summed E-state index contributed by atoms with van der Waals surface area (Å²) in [4.78, 5) is 24.9. The van der Waals surface area contributed by atoms with E-state index in [1.807, 2.05) is 0 Å².